The first-order valence-electron chi connectivity index (χ1n) is 10.9. The first-order valence-corrected chi connectivity index (χ1v) is 12.0. The monoisotopic (exact) mass is 438 g/mol. The molecule has 1 aliphatic carbocycles. The minimum atomic E-state index is -0.151. The Bertz CT molecular complexity index is 989. The molecule has 2 heterocycles. The van der Waals surface area contributed by atoms with Crippen molar-refractivity contribution in [2.75, 3.05) is 29.2 Å². The maximum absolute atomic E-state index is 12.8. The Kier molecular flexibility index (Phi) is 5.76. The summed E-state index contributed by atoms with van der Waals surface area (Å²) in [7, 11) is 0. The van der Waals surface area contributed by atoms with Gasteiger partial charge in [0.25, 0.3) is 0 Å². The number of carbonyl (C=O) groups excluding carboxylic acids is 2. The number of anilines is 2. The smallest absolute Gasteiger partial charge is 0.238 e. The number of benzene rings is 2. The molecule has 1 saturated carbocycles. The Balaban J connectivity index is 1.37. The second-order valence-corrected chi connectivity index (χ2v) is 9.27. The van der Waals surface area contributed by atoms with Crippen molar-refractivity contribution in [1.82, 2.24) is 0 Å². The van der Waals surface area contributed by atoms with Gasteiger partial charge in [-0.25, -0.2) is 0 Å². The van der Waals surface area contributed by atoms with Crippen LogP contribution in [0.15, 0.2) is 42.5 Å². The summed E-state index contributed by atoms with van der Waals surface area (Å²) in [6.45, 7) is 1.04. The molecule has 2 aliphatic heterocycles. The molecule has 0 bridgehead atoms. The van der Waals surface area contributed by atoms with Crippen molar-refractivity contribution in [2.45, 2.75) is 37.5 Å². The Morgan fingerprint density at radius 2 is 1.81 bits per heavy atom. The Hall–Kier alpha value is -2.67. The molecule has 5 rings (SSSR count). The van der Waals surface area contributed by atoms with E-state index in [-0.39, 0.29) is 23.1 Å². The lowest BCUT2D eigenvalue weighted by atomic mass is 9.88. The second kappa shape index (κ2) is 8.83. The van der Waals surface area contributed by atoms with Crippen LogP contribution < -0.4 is 19.7 Å². The number of rotatable bonds is 4. The summed E-state index contributed by atoms with van der Waals surface area (Å²) in [5.41, 5.74) is 2.57. The van der Waals surface area contributed by atoms with Crippen LogP contribution in [0.25, 0.3) is 0 Å². The quantitative estimate of drug-likeness (QED) is 0.746. The molecule has 162 valence electrons. The molecule has 7 heteroatoms. The number of fused-ring (bicyclic) bond motifs is 1. The lowest BCUT2D eigenvalue weighted by Gasteiger charge is -2.27. The van der Waals surface area contributed by atoms with E-state index < -0.39 is 0 Å². The van der Waals surface area contributed by atoms with Gasteiger partial charge in [0.2, 0.25) is 11.8 Å². The fraction of sp³-hybridized carbons (Fsp3) is 0.417. The van der Waals surface area contributed by atoms with Crippen molar-refractivity contribution in [3.8, 4) is 11.5 Å². The van der Waals surface area contributed by atoms with Gasteiger partial charge in [0.15, 0.2) is 11.5 Å². The second-order valence-electron chi connectivity index (χ2n) is 8.20. The van der Waals surface area contributed by atoms with Crippen molar-refractivity contribution in [3.63, 3.8) is 0 Å². The van der Waals surface area contributed by atoms with Gasteiger partial charge in [-0.05, 0) is 42.7 Å². The molecule has 1 saturated heterocycles. The van der Waals surface area contributed by atoms with Gasteiger partial charge in [0.05, 0.1) is 5.75 Å². The van der Waals surface area contributed by atoms with Gasteiger partial charge in [-0.15, -0.1) is 11.8 Å². The van der Waals surface area contributed by atoms with Crippen molar-refractivity contribution in [3.05, 3.63) is 48.0 Å². The van der Waals surface area contributed by atoms with Gasteiger partial charge in [-0.3, -0.25) is 14.5 Å². The Labute approximate surface area is 186 Å². The first kappa shape index (κ1) is 20.2. The highest BCUT2D eigenvalue weighted by atomic mass is 32.2. The molecule has 0 spiro atoms. The van der Waals surface area contributed by atoms with Crippen LogP contribution in [-0.4, -0.2) is 30.8 Å². The molecule has 3 aliphatic rings. The summed E-state index contributed by atoms with van der Waals surface area (Å²) in [5, 5.41) is 2.94. The molecule has 2 aromatic carbocycles. The Morgan fingerprint density at radius 3 is 2.65 bits per heavy atom. The minimum absolute atomic E-state index is 0.0586. The summed E-state index contributed by atoms with van der Waals surface area (Å²) < 4.78 is 11.3. The van der Waals surface area contributed by atoms with E-state index >= 15 is 0 Å². The highest BCUT2D eigenvalue weighted by molar-refractivity contribution is 8.00. The van der Waals surface area contributed by atoms with E-state index in [4.69, 9.17) is 9.47 Å². The van der Waals surface area contributed by atoms with Crippen molar-refractivity contribution < 1.29 is 19.1 Å². The number of hydrogen-bond acceptors (Lipinski definition) is 5. The molecule has 1 N–H and O–H groups in total. The fourth-order valence-electron chi connectivity index (χ4n) is 4.51. The van der Waals surface area contributed by atoms with Crippen LogP contribution in [0.4, 0.5) is 11.4 Å². The molecule has 1 atom stereocenters. The maximum atomic E-state index is 12.8. The molecule has 2 aromatic rings. The number of amides is 2. The number of hydrogen-bond donors (Lipinski definition) is 1. The van der Waals surface area contributed by atoms with Crippen LogP contribution in [0.1, 0.15) is 43.0 Å². The molecule has 31 heavy (non-hydrogen) atoms. The number of ether oxygens (including phenoxy) is 2. The molecule has 6 nitrogen and oxygen atoms in total. The standard InChI is InChI=1S/C24H26N2O4S/c27-22-15-31-24(26(22)19-9-10-20-21(14-19)30-12-11-29-20)17-7-4-8-18(13-17)25-23(28)16-5-2-1-3-6-16/h4,7-10,13-14,16,24H,1-3,5-6,11-12,15H2,(H,25,28). The van der Waals surface area contributed by atoms with Crippen molar-refractivity contribution in [1.29, 1.82) is 0 Å². The van der Waals surface area contributed by atoms with E-state index in [1.165, 1.54) is 6.42 Å². The fourth-order valence-corrected chi connectivity index (χ4v) is 5.68. The van der Waals surface area contributed by atoms with Gasteiger partial charge in [0.1, 0.15) is 18.6 Å². The van der Waals surface area contributed by atoms with Gasteiger partial charge in [-0.1, -0.05) is 31.4 Å². The third kappa shape index (κ3) is 4.24. The SMILES string of the molecule is O=C(Nc1cccc(C2SCC(=O)N2c2ccc3c(c2)OCCO3)c1)C1CCCCC1. The molecule has 1 unspecified atom stereocenters. The summed E-state index contributed by atoms with van der Waals surface area (Å²) in [5.74, 6) is 2.06. The average molecular weight is 439 g/mol. The van der Waals surface area contributed by atoms with E-state index in [2.05, 4.69) is 5.32 Å². The lowest BCUT2D eigenvalue weighted by Crippen LogP contribution is -2.28. The summed E-state index contributed by atoms with van der Waals surface area (Å²) in [6, 6.07) is 13.5. The highest BCUT2D eigenvalue weighted by Gasteiger charge is 2.35. The number of nitrogens with zero attached hydrogens (tertiary/aromatic N) is 1. The normalized spacial score (nSPS) is 21.2. The van der Waals surface area contributed by atoms with Crippen molar-refractivity contribution in [2.24, 2.45) is 5.92 Å². The van der Waals surface area contributed by atoms with Crippen LogP contribution in [0.3, 0.4) is 0 Å². The van der Waals surface area contributed by atoms with E-state index in [9.17, 15) is 9.59 Å². The van der Waals surface area contributed by atoms with E-state index in [1.807, 2.05) is 47.4 Å². The molecule has 0 aromatic heterocycles. The molecule has 0 radical (unpaired) electrons. The largest absolute Gasteiger partial charge is 0.486 e. The third-order valence-corrected chi connectivity index (χ3v) is 7.30. The van der Waals surface area contributed by atoms with Gasteiger partial charge >= 0.3 is 0 Å². The third-order valence-electron chi connectivity index (χ3n) is 6.09. The number of nitrogens with one attached hydrogen (secondary N) is 1. The van der Waals surface area contributed by atoms with Crippen LogP contribution in [0, 0.1) is 5.92 Å². The lowest BCUT2D eigenvalue weighted by molar-refractivity contribution is -0.120. The summed E-state index contributed by atoms with van der Waals surface area (Å²) in [4.78, 5) is 27.2. The zero-order chi connectivity index (χ0) is 21.2. The van der Waals surface area contributed by atoms with E-state index in [0.29, 0.717) is 30.5 Å². The number of thioether (sulfide) groups is 1. The zero-order valence-corrected chi connectivity index (χ0v) is 18.2. The molecular weight excluding hydrogens is 412 g/mol. The van der Waals surface area contributed by atoms with Crippen LogP contribution in [-0.2, 0) is 9.59 Å². The zero-order valence-electron chi connectivity index (χ0n) is 17.3. The summed E-state index contributed by atoms with van der Waals surface area (Å²) >= 11 is 1.59. The van der Waals surface area contributed by atoms with Gasteiger partial charge in [0, 0.05) is 23.4 Å². The predicted octanol–water partition coefficient (Wildman–Crippen LogP) is 4.76. The topological polar surface area (TPSA) is 67.9 Å². The van der Waals surface area contributed by atoms with Gasteiger partial charge in [-0.2, -0.15) is 0 Å². The van der Waals surface area contributed by atoms with E-state index in [0.717, 1.165) is 42.6 Å². The minimum Gasteiger partial charge on any atom is -0.486 e. The van der Waals surface area contributed by atoms with Crippen LogP contribution in [0.2, 0.25) is 0 Å². The predicted molar refractivity (Wildman–Crippen MR) is 122 cm³/mol. The van der Waals surface area contributed by atoms with Crippen LogP contribution >= 0.6 is 11.8 Å². The maximum Gasteiger partial charge on any atom is 0.238 e. The molecule has 2 fully saturated rings. The van der Waals surface area contributed by atoms with Gasteiger partial charge < -0.3 is 14.8 Å². The van der Waals surface area contributed by atoms with E-state index in [1.54, 1.807) is 11.8 Å². The molecule has 2 amide bonds. The molecular formula is C24H26N2O4S. The van der Waals surface area contributed by atoms with Crippen LogP contribution in [0.5, 0.6) is 11.5 Å². The first-order chi connectivity index (χ1) is 15.2. The van der Waals surface area contributed by atoms with Crippen molar-refractivity contribution >= 4 is 35.0 Å². The summed E-state index contributed by atoms with van der Waals surface area (Å²) in [6.07, 6.45) is 5.42. The average Bonchev–Trinajstić information content (AvgIpc) is 3.21. The highest BCUT2D eigenvalue weighted by Crippen LogP contribution is 2.44. The number of carbonyl (C=O) groups is 2. The Morgan fingerprint density at radius 1 is 1.00 bits per heavy atom.